The summed E-state index contributed by atoms with van der Waals surface area (Å²) < 4.78 is 37.8. The summed E-state index contributed by atoms with van der Waals surface area (Å²) >= 11 is 0. The van der Waals surface area contributed by atoms with E-state index < -0.39 is 17.4 Å². The number of pyridine rings is 1. The van der Waals surface area contributed by atoms with Gasteiger partial charge >= 0.3 is 6.18 Å². The van der Waals surface area contributed by atoms with Crippen LogP contribution in [-0.4, -0.2) is 44.5 Å². The van der Waals surface area contributed by atoms with Crippen molar-refractivity contribution < 1.29 is 18.0 Å². The van der Waals surface area contributed by atoms with E-state index in [4.69, 9.17) is 5.73 Å². The van der Waals surface area contributed by atoms with Gasteiger partial charge in [-0.1, -0.05) is 6.07 Å². The predicted molar refractivity (Wildman–Crippen MR) is 111 cm³/mol. The molecular formula is C19H21ClF3N7O. The van der Waals surface area contributed by atoms with Crippen molar-refractivity contribution in [2.45, 2.75) is 31.1 Å². The number of alkyl halides is 3. The van der Waals surface area contributed by atoms with Crippen LogP contribution in [0.2, 0.25) is 0 Å². The van der Waals surface area contributed by atoms with E-state index in [-0.39, 0.29) is 24.9 Å². The van der Waals surface area contributed by atoms with E-state index in [0.717, 1.165) is 29.1 Å². The van der Waals surface area contributed by atoms with Crippen molar-refractivity contribution in [3.63, 3.8) is 0 Å². The monoisotopic (exact) mass is 455 g/mol. The van der Waals surface area contributed by atoms with E-state index in [1.54, 1.807) is 6.20 Å². The standard InChI is InChI=1S/C19H20F3N7O.ClH/c20-19(21,22)14-2-1-12(9-25-14)10-26-17(30)18(23)4-7-29(8-5-18)16-13-3-6-24-15(13)27-11-28-16;/h1-3,6,9,11H,4-5,7-8,10,23H2,(H,26,30)(H,24,27,28);1H. The van der Waals surface area contributed by atoms with Crippen LogP contribution in [0, 0.1) is 0 Å². The van der Waals surface area contributed by atoms with Gasteiger partial charge in [-0.05, 0) is 30.5 Å². The van der Waals surface area contributed by atoms with Crippen LogP contribution >= 0.6 is 12.4 Å². The predicted octanol–water partition coefficient (Wildman–Crippen LogP) is 2.41. The molecule has 8 nitrogen and oxygen atoms in total. The van der Waals surface area contributed by atoms with Gasteiger partial charge in [0.15, 0.2) is 0 Å². The molecule has 0 spiro atoms. The number of rotatable bonds is 4. The number of aromatic amines is 1. The molecule has 31 heavy (non-hydrogen) atoms. The highest BCUT2D eigenvalue weighted by Gasteiger charge is 2.38. The average Bonchev–Trinajstić information content (AvgIpc) is 3.21. The van der Waals surface area contributed by atoms with E-state index in [9.17, 15) is 18.0 Å². The van der Waals surface area contributed by atoms with Gasteiger partial charge in [-0.25, -0.2) is 9.97 Å². The van der Waals surface area contributed by atoms with Crippen LogP contribution in [0.5, 0.6) is 0 Å². The third-order valence-electron chi connectivity index (χ3n) is 5.31. The van der Waals surface area contributed by atoms with E-state index in [0.29, 0.717) is 31.5 Å². The van der Waals surface area contributed by atoms with Gasteiger partial charge in [-0.2, -0.15) is 13.2 Å². The maximum atomic E-state index is 12.6. The molecule has 0 aliphatic carbocycles. The Morgan fingerprint density at radius 2 is 1.94 bits per heavy atom. The molecule has 4 N–H and O–H groups in total. The first-order valence-corrected chi connectivity index (χ1v) is 9.39. The minimum atomic E-state index is -4.49. The maximum Gasteiger partial charge on any atom is 0.433 e. The van der Waals surface area contributed by atoms with E-state index in [1.165, 1.54) is 12.4 Å². The number of nitrogens with one attached hydrogen (secondary N) is 2. The second-order valence-electron chi connectivity index (χ2n) is 7.31. The summed E-state index contributed by atoms with van der Waals surface area (Å²) in [7, 11) is 0. The first kappa shape index (κ1) is 22.8. The fourth-order valence-corrected chi connectivity index (χ4v) is 3.51. The minimum absolute atomic E-state index is 0. The van der Waals surface area contributed by atoms with Crippen molar-refractivity contribution in [3.05, 3.63) is 48.2 Å². The highest BCUT2D eigenvalue weighted by molar-refractivity contribution is 5.89. The van der Waals surface area contributed by atoms with E-state index in [1.807, 2.05) is 6.07 Å². The number of piperidine rings is 1. The Hall–Kier alpha value is -2.92. The molecule has 0 atom stereocenters. The Morgan fingerprint density at radius 1 is 1.19 bits per heavy atom. The number of aromatic nitrogens is 4. The highest BCUT2D eigenvalue weighted by Crippen LogP contribution is 2.29. The summed E-state index contributed by atoms with van der Waals surface area (Å²) in [5.41, 5.74) is 5.52. The third kappa shape index (κ3) is 4.72. The van der Waals surface area contributed by atoms with Gasteiger partial charge in [0.25, 0.3) is 0 Å². The lowest BCUT2D eigenvalue weighted by Crippen LogP contribution is -2.59. The Balaban J connectivity index is 0.00000272. The Labute approximate surface area is 181 Å². The van der Waals surface area contributed by atoms with Crippen LogP contribution in [0.15, 0.2) is 36.9 Å². The van der Waals surface area contributed by atoms with Gasteiger partial charge in [0.2, 0.25) is 5.91 Å². The number of nitrogens with zero attached hydrogens (tertiary/aromatic N) is 4. The lowest BCUT2D eigenvalue weighted by Gasteiger charge is -2.38. The Kier molecular flexibility index (Phi) is 6.37. The fourth-order valence-electron chi connectivity index (χ4n) is 3.51. The number of halogens is 4. The molecular weight excluding hydrogens is 435 g/mol. The van der Waals surface area contributed by atoms with Crippen LogP contribution in [0.3, 0.4) is 0 Å². The number of hydrogen-bond acceptors (Lipinski definition) is 6. The molecule has 4 rings (SSSR count). The van der Waals surface area contributed by atoms with Crippen molar-refractivity contribution in [1.82, 2.24) is 25.3 Å². The largest absolute Gasteiger partial charge is 0.433 e. The lowest BCUT2D eigenvalue weighted by atomic mass is 9.87. The van der Waals surface area contributed by atoms with Crippen molar-refractivity contribution in [2.75, 3.05) is 18.0 Å². The summed E-state index contributed by atoms with van der Waals surface area (Å²) in [4.78, 5) is 29.7. The number of amides is 1. The molecule has 3 aromatic rings. The molecule has 0 unspecified atom stereocenters. The topological polar surface area (TPSA) is 113 Å². The molecule has 12 heteroatoms. The first-order valence-electron chi connectivity index (χ1n) is 9.39. The molecule has 0 aromatic carbocycles. The Bertz CT molecular complexity index is 1050. The van der Waals surface area contributed by atoms with Crippen molar-refractivity contribution >= 4 is 35.2 Å². The van der Waals surface area contributed by atoms with Gasteiger partial charge in [-0.15, -0.1) is 12.4 Å². The van der Waals surface area contributed by atoms with Gasteiger partial charge in [0.05, 0.1) is 10.9 Å². The third-order valence-corrected chi connectivity index (χ3v) is 5.31. The second kappa shape index (κ2) is 8.67. The molecule has 1 saturated heterocycles. The molecule has 166 valence electrons. The van der Waals surface area contributed by atoms with Gasteiger partial charge in [0, 0.05) is 32.0 Å². The van der Waals surface area contributed by atoms with Crippen molar-refractivity contribution in [2.24, 2.45) is 5.73 Å². The molecule has 1 fully saturated rings. The SMILES string of the molecule is Cl.NC1(C(=O)NCc2ccc(C(F)(F)F)nc2)CCN(c2ncnc3[nH]ccc23)CC1. The highest BCUT2D eigenvalue weighted by atomic mass is 35.5. The van der Waals surface area contributed by atoms with E-state index in [2.05, 4.69) is 30.2 Å². The molecule has 0 saturated carbocycles. The number of carbonyl (C=O) groups is 1. The summed E-state index contributed by atoms with van der Waals surface area (Å²) in [6, 6.07) is 4.08. The number of anilines is 1. The zero-order valence-electron chi connectivity index (χ0n) is 16.3. The summed E-state index contributed by atoms with van der Waals surface area (Å²) in [6.07, 6.45) is 0.728. The quantitative estimate of drug-likeness (QED) is 0.557. The van der Waals surface area contributed by atoms with Crippen LogP contribution in [0.4, 0.5) is 19.0 Å². The molecule has 1 aliphatic heterocycles. The molecule has 1 aliphatic rings. The summed E-state index contributed by atoms with van der Waals surface area (Å²) in [6.45, 7) is 1.15. The summed E-state index contributed by atoms with van der Waals surface area (Å²) in [5.74, 6) is 0.455. The zero-order chi connectivity index (χ0) is 21.4. The van der Waals surface area contributed by atoms with Gasteiger partial charge in [-0.3, -0.25) is 9.78 Å². The maximum absolute atomic E-state index is 12.6. The number of fused-ring (bicyclic) bond motifs is 1. The lowest BCUT2D eigenvalue weighted by molar-refractivity contribution is -0.141. The average molecular weight is 456 g/mol. The molecule has 3 aromatic heterocycles. The van der Waals surface area contributed by atoms with Crippen LogP contribution < -0.4 is 16.0 Å². The van der Waals surface area contributed by atoms with Crippen LogP contribution in [0.1, 0.15) is 24.1 Å². The molecule has 0 bridgehead atoms. The number of carbonyl (C=O) groups excluding carboxylic acids is 1. The Morgan fingerprint density at radius 3 is 2.58 bits per heavy atom. The van der Waals surface area contributed by atoms with Crippen LogP contribution in [0.25, 0.3) is 11.0 Å². The van der Waals surface area contributed by atoms with Crippen molar-refractivity contribution in [3.8, 4) is 0 Å². The van der Waals surface area contributed by atoms with E-state index >= 15 is 0 Å². The summed E-state index contributed by atoms with van der Waals surface area (Å²) in [5, 5.41) is 3.62. The number of H-pyrrole nitrogens is 1. The molecule has 4 heterocycles. The first-order chi connectivity index (χ1) is 14.3. The molecule has 1 amide bonds. The fraction of sp³-hybridized carbons (Fsp3) is 0.368. The zero-order valence-corrected chi connectivity index (χ0v) is 17.1. The minimum Gasteiger partial charge on any atom is -0.356 e. The normalized spacial score (nSPS) is 16.1. The second-order valence-corrected chi connectivity index (χ2v) is 7.31. The van der Waals surface area contributed by atoms with Crippen molar-refractivity contribution in [1.29, 1.82) is 0 Å². The van der Waals surface area contributed by atoms with Crippen LogP contribution in [-0.2, 0) is 17.5 Å². The smallest absolute Gasteiger partial charge is 0.356 e. The number of hydrogen-bond donors (Lipinski definition) is 3. The van der Waals surface area contributed by atoms with Gasteiger partial charge in [0.1, 0.15) is 23.5 Å². The van der Waals surface area contributed by atoms with Gasteiger partial charge < -0.3 is 20.9 Å². The number of nitrogens with two attached hydrogens (primary N) is 1. The molecule has 0 radical (unpaired) electrons.